The summed E-state index contributed by atoms with van der Waals surface area (Å²) < 4.78 is 5.43. The molecule has 0 aromatic rings. The number of ether oxygens (including phenoxy) is 1. The Kier molecular flexibility index (Phi) is 10.5. The van der Waals surface area contributed by atoms with Gasteiger partial charge in [0, 0.05) is 6.42 Å². The van der Waals surface area contributed by atoms with Gasteiger partial charge in [0.25, 0.3) is 0 Å². The summed E-state index contributed by atoms with van der Waals surface area (Å²) in [6.45, 7) is 14.8. The number of amides is 2. The number of carbonyl (C=O) groups excluding carboxylic acids is 2. The third-order valence-corrected chi connectivity index (χ3v) is 3.43. The van der Waals surface area contributed by atoms with Gasteiger partial charge in [0.2, 0.25) is 11.8 Å². The summed E-state index contributed by atoms with van der Waals surface area (Å²) in [5, 5.41) is 2.37. The van der Waals surface area contributed by atoms with Gasteiger partial charge >= 0.3 is 0 Å². The molecule has 1 fully saturated rings. The zero-order chi connectivity index (χ0) is 17.8. The molecule has 2 aliphatic heterocycles. The number of nitrogens with zero attached hydrogens (tertiary/aromatic N) is 1. The molecule has 5 nitrogen and oxygen atoms in total. The molecule has 2 amide bonds. The standard InChI is InChI=1S/C12H16N2O3.C4H8.C2H6/c1-3-9-8(2)17-7-6-14(9)10-4-5-11(15)13-12(10)16;1-3-4-2;1-2/h3,10H,1,4-7H2,2H3,(H,13,15,16);3-4H,1-2H3;1-2H3/b;4-3-;. The summed E-state index contributed by atoms with van der Waals surface area (Å²) in [5.41, 5.74) is 0.839. The highest BCUT2D eigenvalue weighted by Gasteiger charge is 2.34. The van der Waals surface area contributed by atoms with Gasteiger partial charge in [0.15, 0.2) is 0 Å². The third-order valence-electron chi connectivity index (χ3n) is 3.43. The molecule has 0 aliphatic carbocycles. The van der Waals surface area contributed by atoms with Crippen LogP contribution < -0.4 is 5.32 Å². The van der Waals surface area contributed by atoms with Crippen molar-refractivity contribution < 1.29 is 14.3 Å². The van der Waals surface area contributed by atoms with Gasteiger partial charge in [-0.3, -0.25) is 14.9 Å². The molecule has 0 bridgehead atoms. The zero-order valence-corrected chi connectivity index (χ0v) is 15.0. The number of imide groups is 1. The number of nitrogens with one attached hydrogen (secondary N) is 1. The molecule has 0 spiro atoms. The number of allylic oxidation sites excluding steroid dienone is 4. The minimum Gasteiger partial charge on any atom is -0.494 e. The highest BCUT2D eigenvalue weighted by molar-refractivity contribution is 6.00. The van der Waals surface area contributed by atoms with E-state index in [1.165, 1.54) is 0 Å². The van der Waals surface area contributed by atoms with Crippen LogP contribution in [0.25, 0.3) is 0 Å². The lowest BCUT2D eigenvalue weighted by Crippen LogP contribution is -2.53. The third kappa shape index (κ3) is 6.30. The molecule has 5 heteroatoms. The Morgan fingerprint density at radius 1 is 1.26 bits per heavy atom. The van der Waals surface area contributed by atoms with Gasteiger partial charge in [-0.2, -0.15) is 0 Å². The molecule has 1 atom stereocenters. The Hall–Kier alpha value is -2.04. The van der Waals surface area contributed by atoms with Gasteiger partial charge < -0.3 is 9.64 Å². The maximum Gasteiger partial charge on any atom is 0.249 e. The summed E-state index contributed by atoms with van der Waals surface area (Å²) >= 11 is 0. The minimum absolute atomic E-state index is 0.194. The van der Waals surface area contributed by atoms with Gasteiger partial charge in [-0.15, -0.1) is 0 Å². The number of hydrogen-bond donors (Lipinski definition) is 1. The van der Waals surface area contributed by atoms with E-state index in [0.29, 0.717) is 26.0 Å². The van der Waals surface area contributed by atoms with Gasteiger partial charge in [0.1, 0.15) is 18.4 Å². The molecular formula is C18H30N2O3. The largest absolute Gasteiger partial charge is 0.494 e. The molecule has 1 N–H and O–H groups in total. The first-order valence-electron chi connectivity index (χ1n) is 8.18. The fraction of sp³-hybridized carbons (Fsp3) is 0.556. The van der Waals surface area contributed by atoms with Crippen molar-refractivity contribution in [2.45, 2.75) is 53.5 Å². The number of hydrogen-bond acceptors (Lipinski definition) is 4. The van der Waals surface area contributed by atoms with Gasteiger partial charge in [-0.05, 0) is 33.3 Å². The van der Waals surface area contributed by atoms with Crippen molar-refractivity contribution in [2.75, 3.05) is 13.2 Å². The summed E-state index contributed by atoms with van der Waals surface area (Å²) in [7, 11) is 0. The molecule has 130 valence electrons. The molecule has 2 rings (SSSR count). The second kappa shape index (κ2) is 11.5. The van der Waals surface area contributed by atoms with E-state index in [1.807, 2.05) is 51.7 Å². The summed E-state index contributed by atoms with van der Waals surface area (Å²) in [6.07, 6.45) is 6.63. The van der Waals surface area contributed by atoms with Crippen LogP contribution in [0.15, 0.2) is 36.3 Å². The molecule has 23 heavy (non-hydrogen) atoms. The maximum atomic E-state index is 11.8. The van der Waals surface area contributed by atoms with E-state index >= 15 is 0 Å². The van der Waals surface area contributed by atoms with Crippen LogP contribution in [0.5, 0.6) is 0 Å². The molecule has 0 radical (unpaired) electrons. The van der Waals surface area contributed by atoms with Crippen molar-refractivity contribution in [3.05, 3.63) is 36.3 Å². The van der Waals surface area contributed by atoms with Crippen LogP contribution in [-0.2, 0) is 14.3 Å². The Balaban J connectivity index is 0.000000705. The molecule has 0 saturated carbocycles. The lowest BCUT2D eigenvalue weighted by atomic mass is 10.0. The fourth-order valence-corrected chi connectivity index (χ4v) is 2.26. The van der Waals surface area contributed by atoms with E-state index in [-0.39, 0.29) is 17.9 Å². The van der Waals surface area contributed by atoms with Crippen molar-refractivity contribution in [1.29, 1.82) is 0 Å². The normalized spacial score (nSPS) is 20.7. The predicted molar refractivity (Wildman–Crippen MR) is 93.6 cm³/mol. The van der Waals surface area contributed by atoms with Gasteiger partial charge in [-0.1, -0.05) is 32.6 Å². The Morgan fingerprint density at radius 3 is 2.35 bits per heavy atom. The van der Waals surface area contributed by atoms with E-state index in [9.17, 15) is 9.59 Å². The summed E-state index contributed by atoms with van der Waals surface area (Å²) in [5.74, 6) is 0.353. The smallest absolute Gasteiger partial charge is 0.249 e. The van der Waals surface area contributed by atoms with E-state index in [2.05, 4.69) is 11.9 Å². The fourth-order valence-electron chi connectivity index (χ4n) is 2.26. The number of carbonyl (C=O) groups is 2. The van der Waals surface area contributed by atoms with Crippen LogP contribution in [0, 0.1) is 0 Å². The molecule has 2 heterocycles. The second-order valence-electron chi connectivity index (χ2n) is 4.82. The van der Waals surface area contributed by atoms with E-state index < -0.39 is 0 Å². The molecule has 1 unspecified atom stereocenters. The molecule has 0 aromatic carbocycles. The van der Waals surface area contributed by atoms with Gasteiger partial charge in [-0.25, -0.2) is 0 Å². The van der Waals surface area contributed by atoms with Gasteiger partial charge in [0.05, 0.1) is 12.2 Å². The molecule has 0 aromatic heterocycles. The van der Waals surface area contributed by atoms with Crippen molar-refractivity contribution in [2.24, 2.45) is 0 Å². The summed E-state index contributed by atoms with van der Waals surface area (Å²) in [4.78, 5) is 24.9. The Labute approximate surface area is 140 Å². The average Bonchev–Trinajstić information content (AvgIpc) is 2.57. The maximum absolute atomic E-state index is 11.8. The molecule has 1 saturated heterocycles. The lowest BCUT2D eigenvalue weighted by molar-refractivity contribution is -0.137. The Morgan fingerprint density at radius 2 is 1.87 bits per heavy atom. The first-order chi connectivity index (χ1) is 11.0. The van der Waals surface area contributed by atoms with Crippen LogP contribution >= 0.6 is 0 Å². The van der Waals surface area contributed by atoms with E-state index in [1.54, 1.807) is 6.08 Å². The highest BCUT2D eigenvalue weighted by atomic mass is 16.5. The second-order valence-corrected chi connectivity index (χ2v) is 4.82. The quantitative estimate of drug-likeness (QED) is 0.627. The molecule has 2 aliphatic rings. The zero-order valence-electron chi connectivity index (χ0n) is 15.0. The van der Waals surface area contributed by atoms with Crippen LogP contribution in [0.3, 0.4) is 0 Å². The topological polar surface area (TPSA) is 58.6 Å². The number of rotatable bonds is 2. The average molecular weight is 322 g/mol. The van der Waals surface area contributed by atoms with Crippen molar-refractivity contribution >= 4 is 11.8 Å². The van der Waals surface area contributed by atoms with E-state index in [4.69, 9.17) is 4.74 Å². The van der Waals surface area contributed by atoms with Crippen LogP contribution in [0.2, 0.25) is 0 Å². The first-order valence-corrected chi connectivity index (χ1v) is 8.18. The SMILES string of the molecule is C/C=C\C.C=CC1=C(C)OCCN1C1CCC(=O)NC1=O.CC. The van der Waals surface area contributed by atoms with Crippen LogP contribution in [0.4, 0.5) is 0 Å². The molecular weight excluding hydrogens is 292 g/mol. The highest BCUT2D eigenvalue weighted by Crippen LogP contribution is 2.24. The lowest BCUT2D eigenvalue weighted by Gasteiger charge is -2.38. The van der Waals surface area contributed by atoms with Crippen molar-refractivity contribution in [3.8, 4) is 0 Å². The van der Waals surface area contributed by atoms with E-state index in [0.717, 1.165) is 11.5 Å². The predicted octanol–water partition coefficient (Wildman–Crippen LogP) is 3.15. The minimum atomic E-state index is -0.292. The Bertz CT molecular complexity index is 463. The summed E-state index contributed by atoms with van der Waals surface area (Å²) in [6, 6.07) is -0.292. The van der Waals surface area contributed by atoms with Crippen molar-refractivity contribution in [3.63, 3.8) is 0 Å². The van der Waals surface area contributed by atoms with Crippen LogP contribution in [0.1, 0.15) is 47.5 Å². The monoisotopic (exact) mass is 322 g/mol. The van der Waals surface area contributed by atoms with Crippen molar-refractivity contribution in [1.82, 2.24) is 10.2 Å². The van der Waals surface area contributed by atoms with Crippen LogP contribution in [-0.4, -0.2) is 35.9 Å². The first kappa shape index (κ1) is 21.0. The number of piperidine rings is 1.